The van der Waals surface area contributed by atoms with Crippen molar-refractivity contribution in [3.63, 3.8) is 0 Å². The molecule has 0 aromatic heterocycles. The predicted molar refractivity (Wildman–Crippen MR) is 67.4 cm³/mol. The lowest BCUT2D eigenvalue weighted by molar-refractivity contribution is 0.977. The summed E-state index contributed by atoms with van der Waals surface area (Å²) in [6.07, 6.45) is 8.42. The molecule has 2 atom stereocenters. The van der Waals surface area contributed by atoms with Gasteiger partial charge in [0, 0.05) is 10.7 Å². The third-order valence-electron chi connectivity index (χ3n) is 2.26. The molecule has 1 heteroatoms. The molecule has 0 bridgehead atoms. The molecule has 0 aromatic rings. The standard InChI is InChI=1S/C11H14S.C2H6/c1-8(2)7-12-11-4-3-9-5-10(9)6-11;1-2/h3-4,6,9-10H,1,5,7H2,2H3;1-2H3. The van der Waals surface area contributed by atoms with Gasteiger partial charge in [0.05, 0.1) is 0 Å². The van der Waals surface area contributed by atoms with Gasteiger partial charge in [-0.2, -0.15) is 0 Å². The van der Waals surface area contributed by atoms with E-state index in [9.17, 15) is 0 Å². The Morgan fingerprint density at radius 2 is 2.21 bits per heavy atom. The van der Waals surface area contributed by atoms with Crippen molar-refractivity contribution >= 4 is 11.8 Å². The van der Waals surface area contributed by atoms with Crippen LogP contribution in [0.5, 0.6) is 0 Å². The summed E-state index contributed by atoms with van der Waals surface area (Å²) in [6.45, 7) is 9.98. The fourth-order valence-corrected chi connectivity index (χ4v) is 2.30. The molecule has 0 nitrogen and oxygen atoms in total. The molecule has 0 radical (unpaired) electrons. The molecule has 0 heterocycles. The Labute approximate surface area is 92.2 Å². The summed E-state index contributed by atoms with van der Waals surface area (Å²) in [5, 5.41) is 0. The zero-order valence-electron chi connectivity index (χ0n) is 9.42. The highest BCUT2D eigenvalue weighted by molar-refractivity contribution is 8.03. The third kappa shape index (κ3) is 3.38. The highest BCUT2D eigenvalue weighted by Gasteiger charge is 2.34. The van der Waals surface area contributed by atoms with Gasteiger partial charge in [-0.15, -0.1) is 11.8 Å². The van der Waals surface area contributed by atoms with Crippen LogP contribution >= 0.6 is 11.8 Å². The van der Waals surface area contributed by atoms with E-state index in [1.807, 2.05) is 25.6 Å². The lowest BCUT2D eigenvalue weighted by atomic mass is 10.2. The van der Waals surface area contributed by atoms with E-state index in [0.29, 0.717) is 0 Å². The number of rotatable bonds is 3. The largest absolute Gasteiger partial charge is 0.122 e. The van der Waals surface area contributed by atoms with Crippen LogP contribution < -0.4 is 0 Å². The van der Waals surface area contributed by atoms with Crippen LogP contribution in [-0.4, -0.2) is 5.75 Å². The molecule has 78 valence electrons. The molecule has 0 spiro atoms. The van der Waals surface area contributed by atoms with Crippen molar-refractivity contribution in [3.8, 4) is 0 Å². The average Bonchev–Trinajstić information content (AvgIpc) is 2.95. The summed E-state index contributed by atoms with van der Waals surface area (Å²) in [6, 6.07) is 0. The van der Waals surface area contributed by atoms with E-state index in [-0.39, 0.29) is 0 Å². The van der Waals surface area contributed by atoms with Gasteiger partial charge in [-0.05, 0) is 25.2 Å². The van der Waals surface area contributed by atoms with Crippen LogP contribution in [0.25, 0.3) is 0 Å². The molecule has 2 rings (SSSR count). The highest BCUT2D eigenvalue weighted by Crippen LogP contribution is 2.46. The van der Waals surface area contributed by atoms with E-state index in [4.69, 9.17) is 0 Å². The average molecular weight is 208 g/mol. The smallest absolute Gasteiger partial charge is 0.0185 e. The molecule has 14 heavy (non-hydrogen) atoms. The van der Waals surface area contributed by atoms with Crippen molar-refractivity contribution in [2.75, 3.05) is 5.75 Å². The van der Waals surface area contributed by atoms with Gasteiger partial charge in [-0.1, -0.05) is 44.2 Å². The zero-order chi connectivity index (χ0) is 10.6. The van der Waals surface area contributed by atoms with Gasteiger partial charge in [-0.25, -0.2) is 0 Å². The summed E-state index contributed by atoms with van der Waals surface area (Å²) in [5.74, 6) is 2.83. The second-order valence-electron chi connectivity index (χ2n) is 3.74. The van der Waals surface area contributed by atoms with Gasteiger partial charge < -0.3 is 0 Å². The molecule has 0 saturated heterocycles. The Morgan fingerprint density at radius 3 is 2.79 bits per heavy atom. The normalized spacial score (nSPS) is 26.9. The van der Waals surface area contributed by atoms with Crippen LogP contribution in [-0.2, 0) is 0 Å². The molecule has 2 aliphatic rings. The van der Waals surface area contributed by atoms with Crippen LogP contribution in [0.3, 0.4) is 0 Å². The Morgan fingerprint density at radius 1 is 1.50 bits per heavy atom. The van der Waals surface area contributed by atoms with E-state index in [1.165, 1.54) is 16.9 Å². The molecule has 1 fully saturated rings. The molecule has 0 amide bonds. The zero-order valence-corrected chi connectivity index (χ0v) is 10.2. The number of hydrogen-bond donors (Lipinski definition) is 0. The van der Waals surface area contributed by atoms with Gasteiger partial charge in [0.2, 0.25) is 0 Å². The molecular weight excluding hydrogens is 188 g/mol. The van der Waals surface area contributed by atoms with Crippen molar-refractivity contribution in [1.29, 1.82) is 0 Å². The van der Waals surface area contributed by atoms with Gasteiger partial charge >= 0.3 is 0 Å². The van der Waals surface area contributed by atoms with Crippen molar-refractivity contribution in [2.24, 2.45) is 11.8 Å². The first kappa shape index (κ1) is 11.6. The highest BCUT2D eigenvalue weighted by atomic mass is 32.2. The van der Waals surface area contributed by atoms with Gasteiger partial charge in [0.1, 0.15) is 0 Å². The maximum Gasteiger partial charge on any atom is 0.0185 e. The van der Waals surface area contributed by atoms with Gasteiger partial charge in [0.25, 0.3) is 0 Å². The SMILES string of the molecule is C=C(C)CSC1=CC2CC2C=C1.CC. The molecule has 0 N–H and O–H groups in total. The van der Waals surface area contributed by atoms with E-state index in [2.05, 4.69) is 31.7 Å². The molecule has 0 aromatic carbocycles. The monoisotopic (exact) mass is 208 g/mol. The quantitative estimate of drug-likeness (QED) is 0.619. The van der Waals surface area contributed by atoms with E-state index in [0.717, 1.165) is 17.6 Å². The number of allylic oxidation sites excluding steroid dienone is 3. The second-order valence-corrected chi connectivity index (χ2v) is 4.79. The minimum Gasteiger partial charge on any atom is -0.122 e. The van der Waals surface area contributed by atoms with Crippen LogP contribution in [0.1, 0.15) is 27.2 Å². The van der Waals surface area contributed by atoms with Crippen molar-refractivity contribution in [3.05, 3.63) is 35.3 Å². The van der Waals surface area contributed by atoms with E-state index < -0.39 is 0 Å². The van der Waals surface area contributed by atoms with Crippen molar-refractivity contribution in [2.45, 2.75) is 27.2 Å². The lowest BCUT2D eigenvalue weighted by Crippen LogP contribution is -1.86. The fraction of sp³-hybridized carbons (Fsp3) is 0.538. The van der Waals surface area contributed by atoms with Crippen LogP contribution in [0.15, 0.2) is 35.3 Å². The molecular formula is C13H20S. The maximum absolute atomic E-state index is 3.90. The lowest BCUT2D eigenvalue weighted by Gasteiger charge is -2.05. The Hall–Kier alpha value is -0.430. The van der Waals surface area contributed by atoms with E-state index in [1.54, 1.807) is 0 Å². The minimum absolute atomic E-state index is 0.877. The van der Waals surface area contributed by atoms with Crippen LogP contribution in [0.2, 0.25) is 0 Å². The first-order chi connectivity index (χ1) is 6.75. The predicted octanol–water partition coefficient (Wildman–Crippen LogP) is 4.41. The van der Waals surface area contributed by atoms with Gasteiger partial charge in [0.15, 0.2) is 0 Å². The summed E-state index contributed by atoms with van der Waals surface area (Å²) in [5.41, 5.74) is 1.26. The second kappa shape index (κ2) is 5.45. The Bertz CT molecular complexity index is 260. The Kier molecular flexibility index (Phi) is 4.53. The number of thioether (sulfide) groups is 1. The van der Waals surface area contributed by atoms with Gasteiger partial charge in [-0.3, -0.25) is 0 Å². The van der Waals surface area contributed by atoms with Crippen molar-refractivity contribution in [1.82, 2.24) is 0 Å². The molecule has 2 aliphatic carbocycles. The summed E-state index contributed by atoms with van der Waals surface area (Å²) in [4.78, 5) is 1.44. The topological polar surface area (TPSA) is 0 Å². The fourth-order valence-electron chi connectivity index (χ4n) is 1.44. The summed E-state index contributed by atoms with van der Waals surface area (Å²) >= 11 is 1.91. The third-order valence-corrected chi connectivity index (χ3v) is 3.51. The molecule has 2 unspecified atom stereocenters. The maximum atomic E-state index is 3.90. The molecule has 1 saturated carbocycles. The van der Waals surface area contributed by atoms with Crippen LogP contribution in [0, 0.1) is 11.8 Å². The Balaban J connectivity index is 0.000000461. The first-order valence-electron chi connectivity index (χ1n) is 5.43. The van der Waals surface area contributed by atoms with Crippen LogP contribution in [0.4, 0.5) is 0 Å². The number of hydrogen-bond acceptors (Lipinski definition) is 1. The number of fused-ring (bicyclic) bond motifs is 1. The first-order valence-corrected chi connectivity index (χ1v) is 6.41. The minimum atomic E-state index is 0.877. The summed E-state index contributed by atoms with van der Waals surface area (Å²) in [7, 11) is 0. The summed E-state index contributed by atoms with van der Waals surface area (Å²) < 4.78 is 0. The van der Waals surface area contributed by atoms with Crippen molar-refractivity contribution < 1.29 is 0 Å². The molecule has 0 aliphatic heterocycles. The van der Waals surface area contributed by atoms with E-state index >= 15 is 0 Å².